The van der Waals surface area contributed by atoms with E-state index in [0.717, 1.165) is 31.6 Å². The number of carbonyl (C=O) groups excluding carboxylic acids is 1. The summed E-state index contributed by atoms with van der Waals surface area (Å²) in [4.78, 5) is 15.9. The summed E-state index contributed by atoms with van der Waals surface area (Å²) in [5.41, 5.74) is 1.58. The summed E-state index contributed by atoms with van der Waals surface area (Å²) >= 11 is 6.15. The monoisotopic (exact) mass is 296 g/mol. The summed E-state index contributed by atoms with van der Waals surface area (Å²) in [7, 11) is 1.88. The largest absolute Gasteiger partial charge is 0.389 e. The molecule has 0 bridgehead atoms. The van der Waals surface area contributed by atoms with E-state index in [-0.39, 0.29) is 5.91 Å². The number of nitrogens with zero attached hydrogens (tertiary/aromatic N) is 2. The maximum atomic E-state index is 12.1. The van der Waals surface area contributed by atoms with Gasteiger partial charge in [0.2, 0.25) is 5.91 Å². The second kappa shape index (κ2) is 6.46. The average Bonchev–Trinajstić information content (AvgIpc) is 2.91. The number of amides is 1. The van der Waals surface area contributed by atoms with Crippen LogP contribution >= 0.6 is 11.6 Å². The minimum atomic E-state index is -0.590. The van der Waals surface area contributed by atoms with Gasteiger partial charge >= 0.3 is 0 Å². The highest BCUT2D eigenvalue weighted by Crippen LogP contribution is 2.27. The summed E-state index contributed by atoms with van der Waals surface area (Å²) < 4.78 is 0. The van der Waals surface area contributed by atoms with Gasteiger partial charge in [0.15, 0.2) is 0 Å². The van der Waals surface area contributed by atoms with Crippen LogP contribution in [-0.2, 0) is 4.79 Å². The van der Waals surface area contributed by atoms with Crippen molar-refractivity contribution in [2.45, 2.75) is 25.9 Å². The van der Waals surface area contributed by atoms with E-state index in [1.807, 2.05) is 22.9 Å². The van der Waals surface area contributed by atoms with Gasteiger partial charge in [-0.25, -0.2) is 0 Å². The van der Waals surface area contributed by atoms with E-state index >= 15 is 0 Å². The molecule has 1 aliphatic rings. The minimum absolute atomic E-state index is 0.153. The standard InChI is InChI=1S/C15H21ClN2O2/c1-11(19)13-6-5-12(9-14(13)16)17(2)10-15(20)18-7-3-4-8-18/h5-6,9,11,19H,3-4,7-8,10H2,1-2H3. The Hall–Kier alpha value is -1.26. The van der Waals surface area contributed by atoms with Crippen LogP contribution in [0.3, 0.4) is 0 Å². The smallest absolute Gasteiger partial charge is 0.242 e. The highest BCUT2D eigenvalue weighted by molar-refractivity contribution is 6.31. The molecule has 1 unspecified atom stereocenters. The fraction of sp³-hybridized carbons (Fsp3) is 0.533. The number of aliphatic hydroxyl groups excluding tert-OH is 1. The number of anilines is 1. The third-order valence-electron chi connectivity index (χ3n) is 3.71. The summed E-state index contributed by atoms with van der Waals surface area (Å²) in [6.07, 6.45) is 1.61. The third-order valence-corrected chi connectivity index (χ3v) is 4.03. The zero-order chi connectivity index (χ0) is 14.7. The van der Waals surface area contributed by atoms with Crippen molar-refractivity contribution in [3.05, 3.63) is 28.8 Å². The van der Waals surface area contributed by atoms with Crippen LogP contribution in [0.5, 0.6) is 0 Å². The Balaban J connectivity index is 2.03. The molecule has 5 heteroatoms. The van der Waals surface area contributed by atoms with Gasteiger partial charge in [-0.15, -0.1) is 0 Å². The predicted molar refractivity (Wildman–Crippen MR) is 81.2 cm³/mol. The molecule has 0 aliphatic carbocycles. The molecule has 1 aromatic carbocycles. The Morgan fingerprint density at radius 1 is 1.45 bits per heavy atom. The number of likely N-dealkylation sites (tertiary alicyclic amines) is 1. The Morgan fingerprint density at radius 2 is 2.10 bits per heavy atom. The van der Waals surface area contributed by atoms with Crippen molar-refractivity contribution >= 4 is 23.2 Å². The van der Waals surface area contributed by atoms with E-state index in [2.05, 4.69) is 0 Å². The first-order valence-corrected chi connectivity index (χ1v) is 7.33. The van der Waals surface area contributed by atoms with E-state index in [1.165, 1.54) is 0 Å². The molecule has 1 aliphatic heterocycles. The van der Waals surface area contributed by atoms with E-state index in [4.69, 9.17) is 11.6 Å². The first-order chi connectivity index (χ1) is 9.49. The van der Waals surface area contributed by atoms with Gasteiger partial charge in [-0.1, -0.05) is 17.7 Å². The second-order valence-electron chi connectivity index (χ2n) is 5.33. The van der Waals surface area contributed by atoms with Crippen LogP contribution in [0.2, 0.25) is 5.02 Å². The van der Waals surface area contributed by atoms with Gasteiger partial charge < -0.3 is 14.9 Å². The quantitative estimate of drug-likeness (QED) is 0.928. The second-order valence-corrected chi connectivity index (χ2v) is 5.73. The number of hydrogen-bond acceptors (Lipinski definition) is 3. The molecule has 4 nitrogen and oxygen atoms in total. The van der Waals surface area contributed by atoms with Crippen molar-refractivity contribution in [3.8, 4) is 0 Å². The van der Waals surface area contributed by atoms with Gasteiger partial charge in [0.25, 0.3) is 0 Å². The Kier molecular flexibility index (Phi) is 4.89. The van der Waals surface area contributed by atoms with Crippen molar-refractivity contribution in [1.82, 2.24) is 4.90 Å². The van der Waals surface area contributed by atoms with Crippen LogP contribution in [0.4, 0.5) is 5.69 Å². The van der Waals surface area contributed by atoms with Gasteiger partial charge in [0.05, 0.1) is 12.6 Å². The van der Waals surface area contributed by atoms with Gasteiger partial charge in [-0.2, -0.15) is 0 Å². The van der Waals surface area contributed by atoms with Gasteiger partial charge in [-0.3, -0.25) is 4.79 Å². The average molecular weight is 297 g/mol. The molecule has 0 spiro atoms. The number of halogens is 1. The SMILES string of the molecule is CC(O)c1ccc(N(C)CC(=O)N2CCCC2)cc1Cl. The van der Waals surface area contributed by atoms with Gasteiger partial charge in [-0.05, 0) is 37.5 Å². The fourth-order valence-corrected chi connectivity index (χ4v) is 2.79. The van der Waals surface area contributed by atoms with E-state index < -0.39 is 6.10 Å². The number of likely N-dealkylation sites (N-methyl/N-ethyl adjacent to an activating group) is 1. The lowest BCUT2D eigenvalue weighted by Crippen LogP contribution is -2.37. The van der Waals surface area contributed by atoms with Crippen LogP contribution in [0.1, 0.15) is 31.4 Å². The highest BCUT2D eigenvalue weighted by atomic mass is 35.5. The molecule has 110 valence electrons. The van der Waals surface area contributed by atoms with E-state index in [1.54, 1.807) is 19.1 Å². The lowest BCUT2D eigenvalue weighted by atomic mass is 10.1. The molecule has 1 N–H and O–H groups in total. The lowest BCUT2D eigenvalue weighted by molar-refractivity contribution is -0.128. The molecule has 0 saturated carbocycles. The van der Waals surface area contributed by atoms with E-state index in [0.29, 0.717) is 17.1 Å². The van der Waals surface area contributed by atoms with Crippen molar-refractivity contribution in [2.24, 2.45) is 0 Å². The molecule has 1 saturated heterocycles. The minimum Gasteiger partial charge on any atom is -0.389 e. The topological polar surface area (TPSA) is 43.8 Å². The third kappa shape index (κ3) is 3.44. The molecular weight excluding hydrogens is 276 g/mol. The van der Waals surface area contributed by atoms with E-state index in [9.17, 15) is 9.90 Å². The number of benzene rings is 1. The fourth-order valence-electron chi connectivity index (χ4n) is 2.45. The lowest BCUT2D eigenvalue weighted by Gasteiger charge is -2.23. The number of carbonyl (C=O) groups is 1. The molecule has 20 heavy (non-hydrogen) atoms. The summed E-state index contributed by atoms with van der Waals surface area (Å²) in [6, 6.07) is 5.48. The predicted octanol–water partition coefficient (Wildman–Crippen LogP) is 2.45. The molecule has 2 rings (SSSR count). The van der Waals surface area contributed by atoms with Crippen molar-refractivity contribution < 1.29 is 9.90 Å². The van der Waals surface area contributed by atoms with Crippen LogP contribution in [0.25, 0.3) is 0 Å². The molecule has 1 fully saturated rings. The number of rotatable bonds is 4. The maximum absolute atomic E-state index is 12.1. The molecule has 1 aromatic rings. The molecule has 1 amide bonds. The van der Waals surface area contributed by atoms with Crippen LogP contribution in [0, 0.1) is 0 Å². The molecule has 1 atom stereocenters. The van der Waals surface area contributed by atoms with Crippen LogP contribution < -0.4 is 4.90 Å². The Bertz CT molecular complexity index is 485. The van der Waals surface area contributed by atoms with Crippen molar-refractivity contribution in [1.29, 1.82) is 0 Å². The van der Waals surface area contributed by atoms with Crippen molar-refractivity contribution in [2.75, 3.05) is 31.6 Å². The summed E-state index contributed by atoms with van der Waals surface area (Å²) in [6.45, 7) is 3.77. The summed E-state index contributed by atoms with van der Waals surface area (Å²) in [5, 5.41) is 10.1. The molecule has 1 heterocycles. The Labute approximate surface area is 124 Å². The van der Waals surface area contributed by atoms with Crippen LogP contribution in [0.15, 0.2) is 18.2 Å². The highest BCUT2D eigenvalue weighted by Gasteiger charge is 2.19. The number of aliphatic hydroxyl groups is 1. The molecule has 0 aromatic heterocycles. The zero-order valence-electron chi connectivity index (χ0n) is 12.0. The first kappa shape index (κ1) is 15.1. The van der Waals surface area contributed by atoms with Crippen molar-refractivity contribution in [3.63, 3.8) is 0 Å². The normalized spacial score (nSPS) is 16.3. The molecular formula is C15H21ClN2O2. The zero-order valence-corrected chi connectivity index (χ0v) is 12.7. The number of hydrogen-bond donors (Lipinski definition) is 1. The van der Waals surface area contributed by atoms with Gasteiger partial charge in [0.1, 0.15) is 0 Å². The molecule has 0 radical (unpaired) electrons. The first-order valence-electron chi connectivity index (χ1n) is 6.95. The Morgan fingerprint density at radius 3 is 2.65 bits per heavy atom. The van der Waals surface area contributed by atoms with Gasteiger partial charge in [0, 0.05) is 30.8 Å². The maximum Gasteiger partial charge on any atom is 0.242 e. The van der Waals surface area contributed by atoms with Crippen LogP contribution in [-0.4, -0.2) is 42.6 Å². The summed E-state index contributed by atoms with van der Waals surface area (Å²) in [5.74, 6) is 0.153.